The van der Waals surface area contributed by atoms with E-state index in [2.05, 4.69) is 42.4 Å². The zero-order valence-electron chi connectivity index (χ0n) is 17.9. The lowest BCUT2D eigenvalue weighted by Gasteiger charge is -2.18. The van der Waals surface area contributed by atoms with E-state index in [0.717, 1.165) is 24.1 Å². The number of para-hydroxylation sites is 1. The first-order valence-corrected chi connectivity index (χ1v) is 10.1. The van der Waals surface area contributed by atoms with Crippen LogP contribution in [0.4, 0.5) is 5.69 Å². The third-order valence-electron chi connectivity index (χ3n) is 4.94. The topological polar surface area (TPSA) is 70.7 Å². The molecule has 0 aliphatic rings. The summed E-state index contributed by atoms with van der Waals surface area (Å²) in [6.45, 7) is 10.1. The summed E-state index contributed by atoms with van der Waals surface area (Å²) in [5, 5.41) is 3.28. The molecule has 0 bridgehead atoms. The van der Waals surface area contributed by atoms with E-state index in [1.807, 2.05) is 43.0 Å². The maximum Gasteiger partial charge on any atom is 0.253 e. The van der Waals surface area contributed by atoms with Crippen LogP contribution in [-0.4, -0.2) is 29.9 Å². The number of hydrogen-bond donors (Lipinski definition) is 2. The second-order valence-corrected chi connectivity index (χ2v) is 6.66. The number of benzene rings is 2. The number of carbonyl (C=O) groups excluding carboxylic acids is 1. The molecule has 29 heavy (non-hydrogen) atoms. The van der Waals surface area contributed by atoms with Crippen LogP contribution in [0.15, 0.2) is 47.5 Å². The Morgan fingerprint density at radius 1 is 0.966 bits per heavy atom. The smallest absolute Gasteiger partial charge is 0.253 e. The van der Waals surface area contributed by atoms with Crippen LogP contribution >= 0.6 is 24.0 Å². The number of halogens is 1. The van der Waals surface area contributed by atoms with Crippen LogP contribution in [0.3, 0.4) is 0 Å². The predicted molar refractivity (Wildman–Crippen MR) is 133 cm³/mol. The fourth-order valence-corrected chi connectivity index (χ4v) is 3.19. The van der Waals surface area contributed by atoms with E-state index in [0.29, 0.717) is 31.2 Å². The molecule has 1 amide bonds. The van der Waals surface area contributed by atoms with Gasteiger partial charge in [0.25, 0.3) is 5.91 Å². The van der Waals surface area contributed by atoms with Crippen molar-refractivity contribution >= 4 is 41.5 Å². The summed E-state index contributed by atoms with van der Waals surface area (Å²) >= 11 is 0. The lowest BCUT2D eigenvalue weighted by molar-refractivity contribution is 0.0773. The lowest BCUT2D eigenvalue weighted by atomic mass is 10.0. The molecule has 0 saturated carbocycles. The van der Waals surface area contributed by atoms with Gasteiger partial charge in [0.1, 0.15) is 0 Å². The Morgan fingerprint density at radius 3 is 2.00 bits per heavy atom. The number of guanidine groups is 1. The first-order valence-electron chi connectivity index (χ1n) is 10.1. The Labute approximate surface area is 191 Å². The van der Waals surface area contributed by atoms with E-state index in [1.165, 1.54) is 11.1 Å². The Kier molecular flexibility index (Phi) is 10.7. The monoisotopic (exact) mass is 508 g/mol. The highest BCUT2D eigenvalue weighted by atomic mass is 127. The molecule has 0 saturated heterocycles. The lowest BCUT2D eigenvalue weighted by Crippen LogP contribution is -2.30. The molecule has 6 heteroatoms. The number of aryl methyl sites for hydroxylation is 2. The number of rotatable bonds is 8. The van der Waals surface area contributed by atoms with Crippen LogP contribution in [0.2, 0.25) is 0 Å². The second-order valence-electron chi connectivity index (χ2n) is 6.66. The fourth-order valence-electron chi connectivity index (χ4n) is 3.19. The molecular formula is C23H33IN4O. The standard InChI is InChI=1S/C23H32N4O.HI/c1-5-18-10-9-11-19(6-2)21(18)26-23(24)25-16-17-12-14-20(15-13-17)22(28)27(7-3)8-4;/h9-15H,5-8,16H2,1-4H3,(H3,24,25,26);1H. The normalized spacial score (nSPS) is 11.0. The summed E-state index contributed by atoms with van der Waals surface area (Å²) in [6.07, 6.45) is 1.87. The molecule has 0 heterocycles. The number of carbonyl (C=O) groups is 1. The average molecular weight is 508 g/mol. The minimum Gasteiger partial charge on any atom is -0.370 e. The Morgan fingerprint density at radius 2 is 1.52 bits per heavy atom. The molecule has 5 nitrogen and oxygen atoms in total. The summed E-state index contributed by atoms with van der Waals surface area (Å²) < 4.78 is 0. The Bertz CT molecular complexity index is 792. The van der Waals surface area contributed by atoms with Gasteiger partial charge >= 0.3 is 0 Å². The van der Waals surface area contributed by atoms with Crippen molar-refractivity contribution in [2.45, 2.75) is 47.1 Å². The van der Waals surface area contributed by atoms with Crippen LogP contribution in [0.25, 0.3) is 0 Å². The van der Waals surface area contributed by atoms with Gasteiger partial charge in [0.15, 0.2) is 5.96 Å². The fraction of sp³-hybridized carbons (Fsp3) is 0.391. The van der Waals surface area contributed by atoms with E-state index in [9.17, 15) is 4.79 Å². The molecule has 0 spiro atoms. The van der Waals surface area contributed by atoms with Gasteiger partial charge in [0.05, 0.1) is 6.54 Å². The quantitative estimate of drug-likeness (QED) is 0.305. The van der Waals surface area contributed by atoms with Crippen LogP contribution < -0.4 is 11.1 Å². The molecule has 2 aromatic carbocycles. The van der Waals surface area contributed by atoms with Gasteiger partial charge in [-0.1, -0.05) is 44.2 Å². The zero-order chi connectivity index (χ0) is 20.5. The second kappa shape index (κ2) is 12.5. The van der Waals surface area contributed by atoms with Crippen molar-refractivity contribution in [3.63, 3.8) is 0 Å². The van der Waals surface area contributed by atoms with Gasteiger partial charge in [-0.3, -0.25) is 4.79 Å². The Hall–Kier alpha value is -2.09. The maximum atomic E-state index is 12.4. The highest BCUT2D eigenvalue weighted by molar-refractivity contribution is 14.0. The number of anilines is 1. The van der Waals surface area contributed by atoms with E-state index >= 15 is 0 Å². The van der Waals surface area contributed by atoms with Crippen LogP contribution in [0, 0.1) is 0 Å². The number of hydrogen-bond acceptors (Lipinski definition) is 2. The SMILES string of the molecule is CCc1cccc(CC)c1NC(N)=NCc1ccc(C(=O)N(CC)CC)cc1.I. The van der Waals surface area contributed by atoms with Gasteiger partial charge < -0.3 is 16.0 Å². The van der Waals surface area contributed by atoms with Gasteiger partial charge in [-0.2, -0.15) is 0 Å². The van der Waals surface area contributed by atoms with Gasteiger partial charge in [0.2, 0.25) is 0 Å². The molecular weight excluding hydrogens is 475 g/mol. The van der Waals surface area contributed by atoms with Crippen LogP contribution in [-0.2, 0) is 19.4 Å². The minimum atomic E-state index is 0. The first kappa shape index (κ1) is 24.9. The van der Waals surface area contributed by atoms with Gasteiger partial charge in [0, 0.05) is 24.3 Å². The predicted octanol–water partition coefficient (Wildman–Crippen LogP) is 4.84. The van der Waals surface area contributed by atoms with Crippen LogP contribution in [0.5, 0.6) is 0 Å². The van der Waals surface area contributed by atoms with Crippen molar-refractivity contribution in [2.24, 2.45) is 10.7 Å². The third kappa shape index (κ3) is 6.73. The molecule has 2 aromatic rings. The third-order valence-corrected chi connectivity index (χ3v) is 4.94. The van der Waals surface area contributed by atoms with Gasteiger partial charge in [-0.25, -0.2) is 4.99 Å². The highest BCUT2D eigenvalue weighted by Gasteiger charge is 2.12. The van der Waals surface area contributed by atoms with Gasteiger partial charge in [-0.05, 0) is 55.5 Å². The van der Waals surface area contributed by atoms with Crippen molar-refractivity contribution in [1.29, 1.82) is 0 Å². The minimum absolute atomic E-state index is 0. The molecule has 2 rings (SSSR count). The molecule has 158 valence electrons. The van der Waals surface area contributed by atoms with E-state index in [1.54, 1.807) is 0 Å². The summed E-state index contributed by atoms with van der Waals surface area (Å²) in [5.74, 6) is 0.461. The maximum absolute atomic E-state index is 12.4. The average Bonchev–Trinajstić information content (AvgIpc) is 2.73. The number of nitrogens with two attached hydrogens (primary N) is 1. The van der Waals surface area contributed by atoms with Crippen LogP contribution in [0.1, 0.15) is 54.7 Å². The van der Waals surface area contributed by atoms with Crippen molar-refractivity contribution < 1.29 is 4.79 Å². The van der Waals surface area contributed by atoms with Crippen molar-refractivity contribution in [3.8, 4) is 0 Å². The molecule has 0 aliphatic heterocycles. The van der Waals surface area contributed by atoms with E-state index in [4.69, 9.17) is 5.73 Å². The molecule has 0 radical (unpaired) electrons. The summed E-state index contributed by atoms with van der Waals surface area (Å²) in [4.78, 5) is 18.7. The molecule has 0 aromatic heterocycles. The summed E-state index contributed by atoms with van der Waals surface area (Å²) in [5.41, 5.74) is 11.4. The summed E-state index contributed by atoms with van der Waals surface area (Å²) in [6, 6.07) is 13.9. The number of aliphatic imine (C=N–C) groups is 1. The van der Waals surface area contributed by atoms with Crippen molar-refractivity contribution in [1.82, 2.24) is 4.90 Å². The zero-order valence-corrected chi connectivity index (χ0v) is 20.2. The van der Waals surface area contributed by atoms with Crippen molar-refractivity contribution in [3.05, 3.63) is 64.7 Å². The number of nitrogens with one attached hydrogen (secondary N) is 1. The number of amides is 1. The molecule has 0 aliphatic carbocycles. The van der Waals surface area contributed by atoms with Crippen molar-refractivity contribution in [2.75, 3.05) is 18.4 Å². The van der Waals surface area contributed by atoms with Gasteiger partial charge in [-0.15, -0.1) is 24.0 Å². The largest absolute Gasteiger partial charge is 0.370 e. The molecule has 3 N–H and O–H groups in total. The molecule has 0 atom stereocenters. The van der Waals surface area contributed by atoms with E-state index < -0.39 is 0 Å². The van der Waals surface area contributed by atoms with E-state index in [-0.39, 0.29) is 29.9 Å². The Balaban J connectivity index is 0.00000420. The highest BCUT2D eigenvalue weighted by Crippen LogP contribution is 2.22. The molecule has 0 unspecified atom stereocenters. The number of nitrogens with zero attached hydrogens (tertiary/aromatic N) is 2. The molecule has 0 fully saturated rings. The summed E-state index contributed by atoms with van der Waals surface area (Å²) in [7, 11) is 0. The first-order chi connectivity index (χ1) is 13.5.